The van der Waals surface area contributed by atoms with Crippen LogP contribution in [0.15, 0.2) is 72.9 Å². The normalized spacial score (nSPS) is 18.3. The summed E-state index contributed by atoms with van der Waals surface area (Å²) in [6, 6.07) is 22.7. The van der Waals surface area contributed by atoms with E-state index in [9.17, 15) is 4.79 Å². The van der Waals surface area contributed by atoms with Crippen molar-refractivity contribution >= 4 is 5.91 Å². The lowest BCUT2D eigenvalue weighted by atomic mass is 9.73. The van der Waals surface area contributed by atoms with E-state index in [1.165, 1.54) is 24.0 Å². The van der Waals surface area contributed by atoms with Crippen molar-refractivity contribution in [3.63, 3.8) is 0 Å². The molecule has 1 aromatic heterocycles. The number of piperidine rings is 1. The number of likely N-dealkylation sites (tertiary alicyclic amines) is 1. The number of amides is 1. The molecule has 206 valence electrons. The zero-order valence-corrected chi connectivity index (χ0v) is 23.2. The zero-order chi connectivity index (χ0) is 26.9. The second-order valence-corrected chi connectivity index (χ2v) is 11.1. The van der Waals surface area contributed by atoms with Crippen molar-refractivity contribution in [3.8, 4) is 11.5 Å². The summed E-state index contributed by atoms with van der Waals surface area (Å²) < 4.78 is 11.7. The third-order valence-corrected chi connectivity index (χ3v) is 8.40. The molecule has 6 heteroatoms. The largest absolute Gasteiger partial charge is 0.497 e. The Labute approximate surface area is 233 Å². The predicted molar refractivity (Wildman–Crippen MR) is 154 cm³/mol. The summed E-state index contributed by atoms with van der Waals surface area (Å²) >= 11 is 0. The van der Waals surface area contributed by atoms with Crippen molar-refractivity contribution in [1.29, 1.82) is 0 Å². The smallest absolute Gasteiger partial charge is 0.228 e. The van der Waals surface area contributed by atoms with Crippen LogP contribution in [0.5, 0.6) is 11.5 Å². The van der Waals surface area contributed by atoms with Gasteiger partial charge in [-0.2, -0.15) is 0 Å². The van der Waals surface area contributed by atoms with Gasteiger partial charge in [0.15, 0.2) is 0 Å². The summed E-state index contributed by atoms with van der Waals surface area (Å²) in [5, 5.41) is 0. The number of aromatic nitrogens is 1. The van der Waals surface area contributed by atoms with Crippen LogP contribution in [0.1, 0.15) is 48.9 Å². The molecule has 1 saturated heterocycles. The Morgan fingerprint density at radius 1 is 0.949 bits per heavy atom. The summed E-state index contributed by atoms with van der Waals surface area (Å²) in [5.74, 6) is 2.10. The van der Waals surface area contributed by atoms with Gasteiger partial charge in [-0.05, 0) is 79.0 Å². The number of nitrogens with zero attached hydrogens (tertiary/aromatic N) is 3. The maximum atomic E-state index is 13.1. The maximum Gasteiger partial charge on any atom is 0.228 e. The van der Waals surface area contributed by atoms with Gasteiger partial charge in [0.25, 0.3) is 0 Å². The van der Waals surface area contributed by atoms with Gasteiger partial charge in [0.2, 0.25) is 5.91 Å². The lowest BCUT2D eigenvalue weighted by molar-refractivity contribution is -0.133. The van der Waals surface area contributed by atoms with Gasteiger partial charge in [0, 0.05) is 44.6 Å². The molecule has 2 aromatic carbocycles. The molecule has 39 heavy (non-hydrogen) atoms. The van der Waals surface area contributed by atoms with E-state index in [4.69, 9.17) is 9.47 Å². The van der Waals surface area contributed by atoms with Gasteiger partial charge in [-0.1, -0.05) is 42.8 Å². The molecule has 0 N–H and O–H groups in total. The van der Waals surface area contributed by atoms with Crippen molar-refractivity contribution in [2.45, 2.75) is 51.5 Å². The summed E-state index contributed by atoms with van der Waals surface area (Å²) in [7, 11) is 1.71. The van der Waals surface area contributed by atoms with Crippen LogP contribution < -0.4 is 9.47 Å². The minimum absolute atomic E-state index is 0.191. The quantitative estimate of drug-likeness (QED) is 0.436. The number of rotatable bonds is 5. The molecule has 5 rings (SSSR count). The van der Waals surface area contributed by atoms with Gasteiger partial charge in [-0.3, -0.25) is 14.7 Å². The second kappa shape index (κ2) is 13.1. The third-order valence-electron chi connectivity index (χ3n) is 8.40. The highest BCUT2D eigenvalue weighted by Gasteiger charge is 2.37. The van der Waals surface area contributed by atoms with Crippen LogP contribution in [0, 0.1) is 5.41 Å². The number of pyridine rings is 1. The van der Waals surface area contributed by atoms with E-state index in [1.807, 2.05) is 30.3 Å². The molecule has 0 bridgehead atoms. The first-order valence-electron chi connectivity index (χ1n) is 14.4. The standard InChI is InChI=1S/C33H41N3O3/c1-38-30-14-12-27(13-15-30)25-35-22-23-39-31-11-3-2-8-28(31)9-4-6-16-33(26-35)17-20-36(21-18-33)32(37)24-29-10-5-7-19-34-29/h2-3,5,7-8,10-15,19H,4,6,9,16-18,20-26H2,1H3. The van der Waals surface area contributed by atoms with Gasteiger partial charge in [-0.15, -0.1) is 0 Å². The minimum atomic E-state index is 0.191. The van der Waals surface area contributed by atoms with Crippen LogP contribution in [0.3, 0.4) is 0 Å². The second-order valence-electron chi connectivity index (χ2n) is 11.1. The Hall–Kier alpha value is -3.38. The Morgan fingerprint density at radius 2 is 1.74 bits per heavy atom. The van der Waals surface area contributed by atoms with Crippen molar-refractivity contribution in [1.82, 2.24) is 14.8 Å². The molecular formula is C33H41N3O3. The molecule has 6 nitrogen and oxygen atoms in total. The first-order chi connectivity index (χ1) is 19.1. The number of fused-ring (bicyclic) bond motifs is 1. The van der Waals surface area contributed by atoms with Gasteiger partial charge < -0.3 is 14.4 Å². The summed E-state index contributed by atoms with van der Waals surface area (Å²) in [6.45, 7) is 5.07. The van der Waals surface area contributed by atoms with Crippen molar-refractivity contribution in [3.05, 3.63) is 89.7 Å². The number of aryl methyl sites for hydroxylation is 1. The molecule has 1 fully saturated rings. The summed E-state index contributed by atoms with van der Waals surface area (Å²) in [4.78, 5) is 22.1. The molecule has 0 radical (unpaired) electrons. The Bertz CT molecular complexity index is 1190. The maximum absolute atomic E-state index is 13.1. The minimum Gasteiger partial charge on any atom is -0.497 e. The van der Waals surface area contributed by atoms with E-state index in [1.54, 1.807) is 13.3 Å². The molecule has 0 unspecified atom stereocenters. The number of carbonyl (C=O) groups is 1. The third kappa shape index (κ3) is 7.39. The number of hydrogen-bond acceptors (Lipinski definition) is 5. The molecule has 0 atom stereocenters. The molecule has 0 aliphatic carbocycles. The van der Waals surface area contributed by atoms with Crippen molar-refractivity contribution in [2.75, 3.05) is 39.9 Å². The number of hydrogen-bond donors (Lipinski definition) is 0. The van der Waals surface area contributed by atoms with Crippen LogP contribution in [-0.4, -0.2) is 60.6 Å². The first kappa shape index (κ1) is 27.2. The topological polar surface area (TPSA) is 54.9 Å². The van der Waals surface area contributed by atoms with E-state index in [2.05, 4.69) is 51.2 Å². The molecule has 2 aliphatic heterocycles. The van der Waals surface area contributed by atoms with Crippen molar-refractivity contribution in [2.24, 2.45) is 5.41 Å². The fourth-order valence-electron chi connectivity index (χ4n) is 6.12. The first-order valence-corrected chi connectivity index (χ1v) is 14.4. The molecule has 3 heterocycles. The monoisotopic (exact) mass is 527 g/mol. The number of para-hydroxylation sites is 1. The zero-order valence-electron chi connectivity index (χ0n) is 23.2. The lowest BCUT2D eigenvalue weighted by Crippen LogP contribution is -2.48. The van der Waals surface area contributed by atoms with Crippen LogP contribution in [-0.2, 0) is 24.2 Å². The Kier molecular flexibility index (Phi) is 9.15. The van der Waals surface area contributed by atoms with Crippen LogP contribution in [0.4, 0.5) is 0 Å². The number of methoxy groups -OCH3 is 1. The van der Waals surface area contributed by atoms with Crippen molar-refractivity contribution < 1.29 is 14.3 Å². The lowest BCUT2D eigenvalue weighted by Gasteiger charge is -2.45. The predicted octanol–water partition coefficient (Wildman–Crippen LogP) is 5.55. The van der Waals surface area contributed by atoms with Crippen LogP contribution in [0.2, 0.25) is 0 Å². The number of benzene rings is 2. The Balaban J connectivity index is 1.30. The summed E-state index contributed by atoms with van der Waals surface area (Å²) in [5.41, 5.74) is 3.64. The Morgan fingerprint density at radius 3 is 2.51 bits per heavy atom. The van der Waals surface area contributed by atoms with E-state index in [0.717, 1.165) is 75.6 Å². The van der Waals surface area contributed by atoms with Crippen LogP contribution in [0.25, 0.3) is 0 Å². The van der Waals surface area contributed by atoms with E-state index >= 15 is 0 Å². The number of carbonyl (C=O) groups excluding carboxylic acids is 1. The SMILES string of the molecule is COc1ccc(CN2CCOc3ccccc3CCCCC3(CCN(C(=O)Cc4ccccn4)CC3)C2)cc1. The molecule has 1 amide bonds. The van der Waals surface area contributed by atoms with Gasteiger partial charge >= 0.3 is 0 Å². The molecule has 3 aromatic rings. The molecular weight excluding hydrogens is 486 g/mol. The van der Waals surface area contributed by atoms with E-state index in [0.29, 0.717) is 13.0 Å². The van der Waals surface area contributed by atoms with Gasteiger partial charge in [-0.25, -0.2) is 0 Å². The van der Waals surface area contributed by atoms with Gasteiger partial charge in [0.05, 0.1) is 13.5 Å². The van der Waals surface area contributed by atoms with Gasteiger partial charge in [0.1, 0.15) is 18.1 Å². The highest BCUT2D eigenvalue weighted by atomic mass is 16.5. The average Bonchev–Trinajstić information content (AvgIpc) is 2.97. The fourth-order valence-corrected chi connectivity index (χ4v) is 6.12. The van der Waals surface area contributed by atoms with Crippen LogP contribution >= 0.6 is 0 Å². The highest BCUT2D eigenvalue weighted by molar-refractivity contribution is 5.78. The highest BCUT2D eigenvalue weighted by Crippen LogP contribution is 2.39. The fraction of sp³-hybridized carbons (Fsp3) is 0.455. The van der Waals surface area contributed by atoms with E-state index < -0.39 is 0 Å². The number of ether oxygens (including phenoxy) is 2. The molecule has 1 spiro atoms. The average molecular weight is 528 g/mol. The summed E-state index contributed by atoms with van der Waals surface area (Å²) in [6.07, 6.45) is 8.81. The molecule has 0 saturated carbocycles. The molecule has 2 aliphatic rings. The van der Waals surface area contributed by atoms with E-state index in [-0.39, 0.29) is 11.3 Å².